The summed E-state index contributed by atoms with van der Waals surface area (Å²) in [6.07, 6.45) is 7.70. The Balaban J connectivity index is 1.45. The number of aromatic nitrogens is 6. The first-order valence-electron chi connectivity index (χ1n) is 9.67. The van der Waals surface area contributed by atoms with E-state index >= 15 is 0 Å². The van der Waals surface area contributed by atoms with E-state index in [1.807, 2.05) is 31.1 Å². The van der Waals surface area contributed by atoms with Gasteiger partial charge in [-0.2, -0.15) is 5.10 Å². The Bertz CT molecular complexity index is 1100. The number of rotatable bonds is 3. The van der Waals surface area contributed by atoms with Gasteiger partial charge in [0.2, 0.25) is 0 Å². The van der Waals surface area contributed by atoms with Crippen LogP contribution in [0.15, 0.2) is 49.1 Å². The number of fused-ring (bicyclic) bond motifs is 1. The van der Waals surface area contributed by atoms with Crippen molar-refractivity contribution >= 4 is 17.0 Å². The molecule has 4 heterocycles. The monoisotopic (exact) mass is 373 g/mol. The van der Waals surface area contributed by atoms with Crippen molar-refractivity contribution in [3.05, 3.63) is 54.6 Å². The minimum absolute atomic E-state index is 0.615. The van der Waals surface area contributed by atoms with Crippen molar-refractivity contribution in [1.29, 1.82) is 0 Å². The van der Waals surface area contributed by atoms with Crippen molar-refractivity contribution in [3.8, 4) is 11.4 Å². The van der Waals surface area contributed by atoms with Gasteiger partial charge in [-0.15, -0.1) is 0 Å². The molecule has 0 N–H and O–H groups in total. The van der Waals surface area contributed by atoms with E-state index in [9.17, 15) is 0 Å². The Kier molecular flexibility index (Phi) is 4.07. The third kappa shape index (κ3) is 2.83. The average molecular weight is 373 g/mol. The van der Waals surface area contributed by atoms with Gasteiger partial charge in [0.25, 0.3) is 0 Å². The molecule has 1 fully saturated rings. The molecule has 4 aromatic rings. The molecule has 0 unspecified atom stereocenters. The van der Waals surface area contributed by atoms with Gasteiger partial charge in [0.05, 0.1) is 11.8 Å². The molecule has 0 radical (unpaired) electrons. The predicted octanol–water partition coefficient (Wildman–Crippen LogP) is 3.15. The maximum Gasteiger partial charge on any atom is 0.165 e. The molecule has 5 rings (SSSR count). The second-order valence-electron chi connectivity index (χ2n) is 7.44. The molecule has 7 nitrogen and oxygen atoms in total. The summed E-state index contributed by atoms with van der Waals surface area (Å²) >= 11 is 0. The number of anilines is 1. The molecule has 142 valence electrons. The minimum atomic E-state index is 0.615. The van der Waals surface area contributed by atoms with E-state index in [1.165, 1.54) is 5.56 Å². The maximum atomic E-state index is 4.89. The van der Waals surface area contributed by atoms with Gasteiger partial charge in [-0.3, -0.25) is 4.68 Å². The lowest BCUT2D eigenvalue weighted by molar-refractivity contribution is 0.503. The number of nitrogens with zero attached hydrogens (tertiary/aromatic N) is 7. The lowest BCUT2D eigenvalue weighted by atomic mass is 9.89. The summed E-state index contributed by atoms with van der Waals surface area (Å²) in [5, 5.41) is 4.27. The number of benzene rings is 1. The number of hydrogen-bond acceptors (Lipinski definition) is 5. The highest BCUT2D eigenvalue weighted by atomic mass is 15.3. The molecule has 1 aliphatic heterocycles. The Hall–Kier alpha value is -3.22. The quantitative estimate of drug-likeness (QED) is 0.552. The van der Waals surface area contributed by atoms with E-state index in [-0.39, 0.29) is 0 Å². The molecule has 0 amide bonds. The van der Waals surface area contributed by atoms with Gasteiger partial charge >= 0.3 is 0 Å². The van der Waals surface area contributed by atoms with E-state index in [2.05, 4.69) is 50.3 Å². The Morgan fingerprint density at radius 2 is 1.79 bits per heavy atom. The lowest BCUT2D eigenvalue weighted by Gasteiger charge is -2.33. The fourth-order valence-corrected chi connectivity index (χ4v) is 4.16. The van der Waals surface area contributed by atoms with Crippen LogP contribution in [0, 0.1) is 0 Å². The number of imidazole rings is 1. The van der Waals surface area contributed by atoms with Crippen LogP contribution in [-0.4, -0.2) is 42.4 Å². The second-order valence-corrected chi connectivity index (χ2v) is 7.44. The van der Waals surface area contributed by atoms with Crippen molar-refractivity contribution in [2.45, 2.75) is 18.8 Å². The van der Waals surface area contributed by atoms with Crippen LogP contribution in [0.5, 0.6) is 0 Å². The molecule has 0 aliphatic carbocycles. The highest BCUT2D eigenvalue weighted by molar-refractivity contribution is 5.86. The first kappa shape index (κ1) is 16.9. The molecule has 28 heavy (non-hydrogen) atoms. The van der Waals surface area contributed by atoms with E-state index in [1.54, 1.807) is 11.0 Å². The third-order valence-corrected chi connectivity index (χ3v) is 5.67. The van der Waals surface area contributed by atoms with Gasteiger partial charge in [0.15, 0.2) is 17.0 Å². The van der Waals surface area contributed by atoms with Gasteiger partial charge in [0.1, 0.15) is 12.2 Å². The highest BCUT2D eigenvalue weighted by Gasteiger charge is 2.25. The van der Waals surface area contributed by atoms with Crippen molar-refractivity contribution < 1.29 is 0 Å². The minimum Gasteiger partial charge on any atom is -0.355 e. The fraction of sp³-hybridized carbons (Fsp3) is 0.333. The number of piperidine rings is 1. The van der Waals surface area contributed by atoms with Crippen LogP contribution in [0.3, 0.4) is 0 Å². The van der Waals surface area contributed by atoms with Gasteiger partial charge in [-0.05, 0) is 24.3 Å². The summed E-state index contributed by atoms with van der Waals surface area (Å²) < 4.78 is 3.81. The molecular formula is C21H23N7. The predicted molar refractivity (Wildman–Crippen MR) is 109 cm³/mol. The van der Waals surface area contributed by atoms with Gasteiger partial charge < -0.3 is 9.47 Å². The van der Waals surface area contributed by atoms with Crippen molar-refractivity contribution in [1.82, 2.24) is 29.3 Å². The summed E-state index contributed by atoms with van der Waals surface area (Å²) in [7, 11) is 3.91. The SMILES string of the molecule is Cn1cc(-c2nc3c(N4CCC(c5ccccc5)CC4)ncnc3n2C)cn1. The van der Waals surface area contributed by atoms with Crippen LogP contribution in [0.1, 0.15) is 24.3 Å². The Labute approximate surface area is 163 Å². The van der Waals surface area contributed by atoms with Crippen LogP contribution in [0.25, 0.3) is 22.6 Å². The molecule has 0 saturated carbocycles. The summed E-state index contributed by atoms with van der Waals surface area (Å²) in [4.78, 5) is 16.3. The van der Waals surface area contributed by atoms with Crippen LogP contribution in [0.2, 0.25) is 0 Å². The van der Waals surface area contributed by atoms with E-state index < -0.39 is 0 Å². The van der Waals surface area contributed by atoms with Gasteiger partial charge in [0, 0.05) is 33.4 Å². The summed E-state index contributed by atoms with van der Waals surface area (Å²) in [5.41, 5.74) is 4.14. The van der Waals surface area contributed by atoms with E-state index in [0.717, 1.165) is 54.3 Å². The first-order valence-corrected chi connectivity index (χ1v) is 9.67. The van der Waals surface area contributed by atoms with Crippen LogP contribution >= 0.6 is 0 Å². The normalized spacial score (nSPS) is 15.4. The fourth-order valence-electron chi connectivity index (χ4n) is 4.16. The van der Waals surface area contributed by atoms with Crippen molar-refractivity contribution in [2.75, 3.05) is 18.0 Å². The standard InChI is InChI=1S/C21H23N7/c1-26-13-17(12-24-26)19-25-18-20(27(19)2)22-14-23-21(18)28-10-8-16(9-11-28)15-6-4-3-5-7-15/h3-7,12-14,16H,8-11H2,1-2H3. The maximum absolute atomic E-state index is 4.89. The summed E-state index contributed by atoms with van der Waals surface area (Å²) in [6.45, 7) is 1.95. The molecule has 1 saturated heterocycles. The smallest absolute Gasteiger partial charge is 0.165 e. The van der Waals surface area contributed by atoms with Crippen LogP contribution < -0.4 is 4.90 Å². The average Bonchev–Trinajstić information content (AvgIpc) is 3.32. The third-order valence-electron chi connectivity index (χ3n) is 5.67. The zero-order valence-electron chi connectivity index (χ0n) is 16.2. The molecule has 1 aliphatic rings. The summed E-state index contributed by atoms with van der Waals surface area (Å²) in [6, 6.07) is 10.8. The number of hydrogen-bond donors (Lipinski definition) is 0. The molecule has 1 aromatic carbocycles. The van der Waals surface area contributed by atoms with Gasteiger partial charge in [-0.25, -0.2) is 15.0 Å². The molecular weight excluding hydrogens is 350 g/mol. The molecule has 0 atom stereocenters. The van der Waals surface area contributed by atoms with E-state index in [4.69, 9.17) is 4.98 Å². The highest BCUT2D eigenvalue weighted by Crippen LogP contribution is 2.33. The first-order chi connectivity index (χ1) is 13.7. The number of aryl methyl sites for hydroxylation is 2. The van der Waals surface area contributed by atoms with Crippen molar-refractivity contribution in [2.24, 2.45) is 14.1 Å². The topological polar surface area (TPSA) is 64.7 Å². The Morgan fingerprint density at radius 1 is 1.00 bits per heavy atom. The van der Waals surface area contributed by atoms with Crippen molar-refractivity contribution in [3.63, 3.8) is 0 Å². The molecule has 0 spiro atoms. The zero-order chi connectivity index (χ0) is 19.1. The van der Waals surface area contributed by atoms with E-state index in [0.29, 0.717) is 5.92 Å². The second kappa shape index (κ2) is 6.74. The largest absolute Gasteiger partial charge is 0.355 e. The molecule has 7 heteroatoms. The lowest BCUT2D eigenvalue weighted by Crippen LogP contribution is -2.33. The molecule has 3 aromatic heterocycles. The zero-order valence-corrected chi connectivity index (χ0v) is 16.2. The Morgan fingerprint density at radius 3 is 2.50 bits per heavy atom. The summed E-state index contributed by atoms with van der Waals surface area (Å²) in [5.74, 6) is 2.41. The van der Waals surface area contributed by atoms with Gasteiger partial charge in [-0.1, -0.05) is 30.3 Å². The van der Waals surface area contributed by atoms with Crippen LogP contribution in [-0.2, 0) is 14.1 Å². The molecule has 0 bridgehead atoms. The van der Waals surface area contributed by atoms with Crippen LogP contribution in [0.4, 0.5) is 5.82 Å².